The van der Waals surface area contributed by atoms with Gasteiger partial charge in [0.2, 0.25) is 0 Å². The molecule has 2 aromatic rings. The minimum absolute atomic E-state index is 0.868. The van der Waals surface area contributed by atoms with Crippen LogP contribution in [0.3, 0.4) is 0 Å². The topological polar surface area (TPSA) is 14.2 Å². The largest absolute Gasteiger partial charge is 0.440 e. The van der Waals surface area contributed by atoms with Crippen molar-refractivity contribution in [3.63, 3.8) is 0 Å². The zero-order valence-electron chi connectivity index (χ0n) is 9.32. The Morgan fingerprint density at radius 3 is 2.20 bits per heavy atom. The van der Waals surface area contributed by atoms with Gasteiger partial charge in [-0.1, -0.05) is 18.2 Å². The molecule has 0 aliphatic rings. The lowest BCUT2D eigenvalue weighted by Gasteiger charge is -2.11. The van der Waals surface area contributed by atoms with Gasteiger partial charge in [0.1, 0.15) is 5.75 Å². The van der Waals surface area contributed by atoms with Crippen molar-refractivity contribution < 1.29 is 4.74 Å². The Labute approximate surface area is 90.1 Å². The van der Waals surface area contributed by atoms with Gasteiger partial charge in [-0.15, -0.1) is 0 Å². The Balaban J connectivity index is 2.36. The molecule has 0 fully saturated rings. The van der Waals surface area contributed by atoms with Crippen molar-refractivity contribution in [2.24, 2.45) is 7.05 Å². The van der Waals surface area contributed by atoms with Gasteiger partial charge in [-0.25, -0.2) is 0 Å². The second kappa shape index (κ2) is 3.81. The highest BCUT2D eigenvalue weighted by Crippen LogP contribution is 2.28. The van der Waals surface area contributed by atoms with Gasteiger partial charge >= 0.3 is 0 Å². The smallest absolute Gasteiger partial charge is 0.199 e. The average molecular weight is 201 g/mol. The van der Waals surface area contributed by atoms with Crippen LogP contribution in [0, 0.1) is 13.8 Å². The first-order chi connectivity index (χ1) is 7.18. The Bertz CT molecular complexity index is 451. The van der Waals surface area contributed by atoms with Crippen LogP contribution in [0.2, 0.25) is 0 Å². The molecule has 1 aromatic heterocycles. The number of nitrogens with zero attached hydrogens (tertiary/aromatic N) is 1. The monoisotopic (exact) mass is 201 g/mol. The minimum Gasteiger partial charge on any atom is -0.440 e. The molecule has 2 nitrogen and oxygen atoms in total. The van der Waals surface area contributed by atoms with E-state index in [1.807, 2.05) is 36.0 Å². The zero-order valence-corrected chi connectivity index (χ0v) is 9.32. The van der Waals surface area contributed by atoms with Crippen LogP contribution in [-0.2, 0) is 7.05 Å². The molecule has 1 aromatic carbocycles. The fraction of sp³-hybridized carbons (Fsp3) is 0.231. The van der Waals surface area contributed by atoms with Gasteiger partial charge in [0.25, 0.3) is 0 Å². The molecule has 78 valence electrons. The van der Waals surface area contributed by atoms with Crippen molar-refractivity contribution in [1.29, 1.82) is 0 Å². The molecule has 1 heterocycles. The van der Waals surface area contributed by atoms with E-state index < -0.39 is 0 Å². The molecule has 0 amide bonds. The van der Waals surface area contributed by atoms with Gasteiger partial charge in [0.05, 0.1) is 0 Å². The van der Waals surface area contributed by atoms with E-state index in [0.717, 1.165) is 22.8 Å². The van der Waals surface area contributed by atoms with Crippen molar-refractivity contribution in [1.82, 2.24) is 4.57 Å². The third kappa shape index (κ3) is 1.89. The summed E-state index contributed by atoms with van der Waals surface area (Å²) in [6, 6.07) is 10.1. The molecule has 0 unspecified atom stereocenters. The highest BCUT2D eigenvalue weighted by molar-refractivity contribution is 5.42. The maximum absolute atomic E-state index is 5.87. The van der Waals surface area contributed by atoms with Crippen molar-refractivity contribution in [2.75, 3.05) is 0 Å². The molecule has 2 heteroatoms. The van der Waals surface area contributed by atoms with Crippen molar-refractivity contribution in [3.05, 3.63) is 47.7 Å². The summed E-state index contributed by atoms with van der Waals surface area (Å²) in [6.07, 6.45) is 1.98. The number of benzene rings is 1. The summed E-state index contributed by atoms with van der Waals surface area (Å²) in [6.45, 7) is 4.12. The van der Waals surface area contributed by atoms with Crippen molar-refractivity contribution in [3.8, 4) is 11.6 Å². The molecule has 0 aliphatic heterocycles. The first-order valence-electron chi connectivity index (χ1n) is 5.04. The van der Waals surface area contributed by atoms with Gasteiger partial charge in [-0.2, -0.15) is 0 Å². The summed E-state index contributed by atoms with van der Waals surface area (Å²) in [5.41, 5.74) is 2.33. The van der Waals surface area contributed by atoms with E-state index in [-0.39, 0.29) is 0 Å². The van der Waals surface area contributed by atoms with Gasteiger partial charge in [0, 0.05) is 19.3 Å². The number of hydrogen-bond acceptors (Lipinski definition) is 1. The Morgan fingerprint density at radius 1 is 1.00 bits per heavy atom. The van der Waals surface area contributed by atoms with Crippen LogP contribution in [0.5, 0.6) is 11.6 Å². The van der Waals surface area contributed by atoms with Crippen LogP contribution in [0.25, 0.3) is 0 Å². The number of aromatic nitrogens is 1. The van der Waals surface area contributed by atoms with Crippen LogP contribution in [0.1, 0.15) is 11.1 Å². The standard InChI is InChI=1S/C13H15NO/c1-10-6-4-7-11(2)13(10)15-12-8-5-9-14(12)3/h4-9H,1-3H3. The van der Waals surface area contributed by atoms with Crippen LogP contribution >= 0.6 is 0 Å². The van der Waals surface area contributed by atoms with E-state index in [9.17, 15) is 0 Å². The summed E-state index contributed by atoms with van der Waals surface area (Å²) in [5.74, 6) is 1.83. The second-order valence-electron chi connectivity index (χ2n) is 3.78. The second-order valence-corrected chi connectivity index (χ2v) is 3.78. The number of ether oxygens (including phenoxy) is 1. The summed E-state index contributed by atoms with van der Waals surface area (Å²) >= 11 is 0. The summed E-state index contributed by atoms with van der Waals surface area (Å²) < 4.78 is 7.84. The first kappa shape index (κ1) is 9.84. The number of aryl methyl sites for hydroxylation is 3. The Kier molecular flexibility index (Phi) is 2.50. The van der Waals surface area contributed by atoms with E-state index in [2.05, 4.69) is 26.0 Å². The zero-order chi connectivity index (χ0) is 10.8. The third-order valence-electron chi connectivity index (χ3n) is 2.51. The fourth-order valence-corrected chi connectivity index (χ4v) is 1.62. The number of hydrogen-bond donors (Lipinski definition) is 0. The molecule has 2 rings (SSSR count). The fourth-order valence-electron chi connectivity index (χ4n) is 1.62. The van der Waals surface area contributed by atoms with E-state index in [4.69, 9.17) is 4.74 Å². The van der Waals surface area contributed by atoms with Gasteiger partial charge in [-0.05, 0) is 31.0 Å². The van der Waals surface area contributed by atoms with E-state index in [0.29, 0.717) is 0 Å². The highest BCUT2D eigenvalue weighted by atomic mass is 16.5. The molecule has 0 saturated heterocycles. The summed E-state index contributed by atoms with van der Waals surface area (Å²) in [4.78, 5) is 0. The van der Waals surface area contributed by atoms with Crippen molar-refractivity contribution in [2.45, 2.75) is 13.8 Å². The van der Waals surface area contributed by atoms with Crippen LogP contribution in [-0.4, -0.2) is 4.57 Å². The average Bonchev–Trinajstić information content (AvgIpc) is 2.58. The van der Waals surface area contributed by atoms with E-state index in [1.54, 1.807) is 0 Å². The van der Waals surface area contributed by atoms with Crippen LogP contribution in [0.4, 0.5) is 0 Å². The Morgan fingerprint density at radius 2 is 1.67 bits per heavy atom. The summed E-state index contributed by atoms with van der Waals surface area (Å²) in [7, 11) is 1.98. The number of para-hydroxylation sites is 1. The Hall–Kier alpha value is -1.70. The quantitative estimate of drug-likeness (QED) is 0.726. The lowest BCUT2D eigenvalue weighted by atomic mass is 10.1. The molecular formula is C13H15NO. The molecule has 0 spiro atoms. The van der Waals surface area contributed by atoms with Gasteiger partial charge < -0.3 is 9.30 Å². The molecule has 0 bridgehead atoms. The molecule has 0 atom stereocenters. The maximum atomic E-state index is 5.87. The lowest BCUT2D eigenvalue weighted by Crippen LogP contribution is -1.95. The molecular weight excluding hydrogens is 186 g/mol. The molecule has 0 N–H and O–H groups in total. The maximum Gasteiger partial charge on any atom is 0.199 e. The predicted molar refractivity (Wildman–Crippen MR) is 61.4 cm³/mol. The van der Waals surface area contributed by atoms with E-state index >= 15 is 0 Å². The normalized spacial score (nSPS) is 10.3. The van der Waals surface area contributed by atoms with E-state index in [1.165, 1.54) is 0 Å². The van der Waals surface area contributed by atoms with Crippen LogP contribution in [0.15, 0.2) is 36.5 Å². The lowest BCUT2D eigenvalue weighted by molar-refractivity contribution is 0.437. The molecule has 0 saturated carbocycles. The molecule has 0 radical (unpaired) electrons. The SMILES string of the molecule is Cc1cccc(C)c1Oc1cccn1C. The van der Waals surface area contributed by atoms with Crippen LogP contribution < -0.4 is 4.74 Å². The molecule has 0 aliphatic carbocycles. The summed E-state index contributed by atoms with van der Waals surface area (Å²) in [5, 5.41) is 0. The van der Waals surface area contributed by atoms with Crippen molar-refractivity contribution >= 4 is 0 Å². The predicted octanol–water partition coefficient (Wildman–Crippen LogP) is 3.43. The number of rotatable bonds is 2. The highest BCUT2D eigenvalue weighted by Gasteiger charge is 2.06. The first-order valence-corrected chi connectivity index (χ1v) is 5.04. The van der Waals surface area contributed by atoms with Gasteiger partial charge in [0.15, 0.2) is 5.88 Å². The minimum atomic E-state index is 0.868. The third-order valence-corrected chi connectivity index (χ3v) is 2.51. The van der Waals surface area contributed by atoms with Gasteiger partial charge in [-0.3, -0.25) is 0 Å². The molecule has 15 heavy (non-hydrogen) atoms.